The second kappa shape index (κ2) is 4.88. The molecule has 1 fully saturated rings. The van der Waals surface area contributed by atoms with Crippen LogP contribution in [0.2, 0.25) is 0 Å². The lowest BCUT2D eigenvalue weighted by Crippen LogP contribution is -2.61. The zero-order valence-corrected chi connectivity index (χ0v) is 11.0. The Balaban J connectivity index is 1.95. The van der Waals surface area contributed by atoms with Gasteiger partial charge in [0.2, 0.25) is 0 Å². The van der Waals surface area contributed by atoms with Crippen LogP contribution in [-0.2, 0) is 0 Å². The van der Waals surface area contributed by atoms with Gasteiger partial charge >= 0.3 is 0 Å². The minimum atomic E-state index is -1.62. The van der Waals surface area contributed by atoms with Crippen molar-refractivity contribution in [1.82, 2.24) is 4.90 Å². The largest absolute Gasteiger partial charge is 0.390 e. The van der Waals surface area contributed by atoms with E-state index in [2.05, 4.69) is 0 Å². The number of hydrogen-bond donors (Lipinski definition) is 4. The Hall–Kier alpha value is -1.80. The molecule has 4 N–H and O–H groups in total. The monoisotopic (exact) mass is 293 g/mol. The molecule has 1 heterocycles. The van der Waals surface area contributed by atoms with Gasteiger partial charge in [-0.1, -0.05) is 12.1 Å². The van der Waals surface area contributed by atoms with E-state index in [4.69, 9.17) is 0 Å². The molecule has 21 heavy (non-hydrogen) atoms. The highest BCUT2D eigenvalue weighted by Crippen LogP contribution is 2.31. The Bertz CT molecular complexity index is 568. The fourth-order valence-electron chi connectivity index (χ4n) is 2.95. The second-order valence-electron chi connectivity index (χ2n) is 5.37. The number of aliphatic hydroxyl groups is 4. The van der Waals surface area contributed by atoms with E-state index in [1.165, 1.54) is 12.1 Å². The number of amides is 2. The second-order valence-corrected chi connectivity index (χ2v) is 5.37. The molecule has 0 bridgehead atoms. The lowest BCUT2D eigenvalue weighted by atomic mass is 9.84. The first-order chi connectivity index (χ1) is 9.93. The van der Waals surface area contributed by atoms with E-state index < -0.39 is 42.3 Å². The fraction of sp³-hybridized carbons (Fsp3) is 0.429. The smallest absolute Gasteiger partial charge is 0.261 e. The Labute approximate surface area is 120 Å². The number of rotatable bonds is 1. The first-order valence-electron chi connectivity index (χ1n) is 6.62. The van der Waals surface area contributed by atoms with Crippen LogP contribution >= 0.6 is 0 Å². The Morgan fingerprint density at radius 1 is 0.857 bits per heavy atom. The number of hydrogen-bond acceptors (Lipinski definition) is 6. The highest BCUT2D eigenvalue weighted by molar-refractivity contribution is 6.21. The van der Waals surface area contributed by atoms with Crippen LogP contribution in [0.25, 0.3) is 0 Å². The zero-order valence-electron chi connectivity index (χ0n) is 11.0. The molecule has 3 rings (SSSR count). The van der Waals surface area contributed by atoms with Gasteiger partial charge in [0.25, 0.3) is 11.8 Å². The van der Waals surface area contributed by atoms with Gasteiger partial charge < -0.3 is 20.4 Å². The van der Waals surface area contributed by atoms with Gasteiger partial charge in [-0.3, -0.25) is 14.5 Å². The molecule has 2 amide bonds. The van der Waals surface area contributed by atoms with Crippen LogP contribution in [0.1, 0.15) is 27.1 Å². The number of imide groups is 1. The molecule has 7 heteroatoms. The molecule has 1 aromatic carbocycles. The van der Waals surface area contributed by atoms with Gasteiger partial charge in [0.15, 0.2) is 0 Å². The maximum atomic E-state index is 12.3. The number of nitrogens with zero attached hydrogens (tertiary/aromatic N) is 1. The molecule has 0 spiro atoms. The van der Waals surface area contributed by atoms with E-state index in [-0.39, 0.29) is 17.5 Å². The van der Waals surface area contributed by atoms with Gasteiger partial charge in [0.1, 0.15) is 18.3 Å². The van der Waals surface area contributed by atoms with Gasteiger partial charge in [-0.2, -0.15) is 0 Å². The van der Waals surface area contributed by atoms with Crippen LogP contribution in [-0.4, -0.2) is 67.6 Å². The molecule has 0 unspecified atom stereocenters. The molecule has 2 aliphatic rings. The molecule has 1 aromatic rings. The highest BCUT2D eigenvalue weighted by atomic mass is 16.4. The third kappa shape index (κ3) is 1.97. The molecule has 5 atom stereocenters. The van der Waals surface area contributed by atoms with Crippen molar-refractivity contribution in [2.75, 3.05) is 0 Å². The van der Waals surface area contributed by atoms with E-state index in [1.807, 2.05) is 0 Å². The van der Waals surface area contributed by atoms with E-state index >= 15 is 0 Å². The van der Waals surface area contributed by atoms with Gasteiger partial charge in [-0.05, 0) is 18.6 Å². The highest BCUT2D eigenvalue weighted by Gasteiger charge is 2.50. The van der Waals surface area contributed by atoms with Crippen molar-refractivity contribution in [3.05, 3.63) is 35.4 Å². The molecule has 0 radical (unpaired) electrons. The topological polar surface area (TPSA) is 118 Å². The number of benzene rings is 1. The molecular formula is C14H15NO6. The fourth-order valence-corrected chi connectivity index (χ4v) is 2.95. The molecule has 0 aromatic heterocycles. The summed E-state index contributed by atoms with van der Waals surface area (Å²) >= 11 is 0. The SMILES string of the molecule is O=C1c2ccccc2C(=O)N1[C@@H]1C[C@H](O)[C@@H](O)[C@@H](O)[C@@H]1O. The average Bonchev–Trinajstić information content (AvgIpc) is 2.73. The third-order valence-electron chi connectivity index (χ3n) is 4.13. The van der Waals surface area contributed by atoms with Crippen molar-refractivity contribution in [3.63, 3.8) is 0 Å². The number of carbonyl (C=O) groups excluding carboxylic acids is 2. The first kappa shape index (κ1) is 14.2. The van der Waals surface area contributed by atoms with Crippen LogP contribution in [0.5, 0.6) is 0 Å². The summed E-state index contributed by atoms with van der Waals surface area (Å²) in [6.07, 6.45) is -6.15. The van der Waals surface area contributed by atoms with Crippen molar-refractivity contribution in [1.29, 1.82) is 0 Å². The maximum absolute atomic E-state index is 12.3. The summed E-state index contributed by atoms with van der Waals surface area (Å²) in [6, 6.07) is 5.18. The van der Waals surface area contributed by atoms with Gasteiger partial charge in [-0.25, -0.2) is 0 Å². The van der Waals surface area contributed by atoms with Crippen molar-refractivity contribution < 1.29 is 30.0 Å². The van der Waals surface area contributed by atoms with Crippen molar-refractivity contribution in [3.8, 4) is 0 Å². The summed E-state index contributed by atoms with van der Waals surface area (Å²) in [6.45, 7) is 0. The zero-order chi connectivity index (χ0) is 15.3. The Morgan fingerprint density at radius 2 is 1.38 bits per heavy atom. The molecular weight excluding hydrogens is 278 g/mol. The number of aliphatic hydroxyl groups excluding tert-OH is 4. The Morgan fingerprint density at radius 3 is 1.90 bits per heavy atom. The molecule has 1 aliphatic carbocycles. The summed E-state index contributed by atoms with van der Waals surface area (Å²) < 4.78 is 0. The molecule has 112 valence electrons. The van der Waals surface area contributed by atoms with Crippen LogP contribution in [0.4, 0.5) is 0 Å². The predicted octanol–water partition coefficient (Wildman–Crippen LogP) is -1.50. The summed E-state index contributed by atoms with van der Waals surface area (Å²) in [5.41, 5.74) is 0.453. The first-order valence-corrected chi connectivity index (χ1v) is 6.62. The summed E-state index contributed by atoms with van der Waals surface area (Å²) in [7, 11) is 0. The van der Waals surface area contributed by atoms with Gasteiger partial charge in [0.05, 0.1) is 23.3 Å². The molecule has 7 nitrogen and oxygen atoms in total. The van der Waals surface area contributed by atoms with E-state index in [0.717, 1.165) is 4.90 Å². The summed E-state index contributed by atoms with van der Waals surface area (Å²) in [5, 5.41) is 39.0. The average molecular weight is 293 g/mol. The van der Waals surface area contributed by atoms with Crippen molar-refractivity contribution in [2.24, 2.45) is 0 Å². The van der Waals surface area contributed by atoms with Crippen LogP contribution in [0, 0.1) is 0 Å². The van der Waals surface area contributed by atoms with E-state index in [1.54, 1.807) is 12.1 Å². The summed E-state index contributed by atoms with van der Waals surface area (Å²) in [5.74, 6) is -1.15. The van der Waals surface area contributed by atoms with Crippen LogP contribution in [0.3, 0.4) is 0 Å². The Kier molecular flexibility index (Phi) is 3.29. The predicted molar refractivity (Wildman–Crippen MR) is 69.4 cm³/mol. The van der Waals surface area contributed by atoms with Crippen molar-refractivity contribution in [2.45, 2.75) is 36.9 Å². The molecule has 0 saturated heterocycles. The quantitative estimate of drug-likeness (QED) is 0.468. The lowest BCUT2D eigenvalue weighted by Gasteiger charge is -2.41. The van der Waals surface area contributed by atoms with Crippen LogP contribution in [0.15, 0.2) is 24.3 Å². The normalized spacial score (nSPS) is 36.0. The standard InChI is InChI=1S/C14H15NO6/c16-9-5-8(10(17)12(19)11(9)18)15-13(20)6-3-1-2-4-7(6)14(15)21/h1-4,8-12,16-19H,5H2/t8-,9+,10-,11-,12+/m1/s1. The maximum Gasteiger partial charge on any atom is 0.261 e. The van der Waals surface area contributed by atoms with E-state index in [0.29, 0.717) is 0 Å². The number of carbonyl (C=O) groups is 2. The van der Waals surface area contributed by atoms with Gasteiger partial charge in [0, 0.05) is 0 Å². The minimum absolute atomic E-state index is 0.190. The minimum Gasteiger partial charge on any atom is -0.390 e. The number of fused-ring (bicyclic) bond motifs is 1. The molecule has 1 aliphatic heterocycles. The summed E-state index contributed by atoms with van der Waals surface area (Å²) in [4.78, 5) is 25.5. The van der Waals surface area contributed by atoms with Crippen molar-refractivity contribution >= 4 is 11.8 Å². The van der Waals surface area contributed by atoms with Crippen LogP contribution < -0.4 is 0 Å². The lowest BCUT2D eigenvalue weighted by molar-refractivity contribution is -0.155. The van der Waals surface area contributed by atoms with Gasteiger partial charge in [-0.15, -0.1) is 0 Å². The van der Waals surface area contributed by atoms with E-state index in [9.17, 15) is 30.0 Å². The molecule has 1 saturated carbocycles. The third-order valence-corrected chi connectivity index (χ3v) is 4.13.